The second kappa shape index (κ2) is 8.74. The Morgan fingerprint density at radius 1 is 1.33 bits per heavy atom. The van der Waals surface area contributed by atoms with Crippen molar-refractivity contribution in [3.63, 3.8) is 0 Å². The Kier molecular flexibility index (Phi) is 6.97. The van der Waals surface area contributed by atoms with E-state index in [0.29, 0.717) is 25.8 Å². The van der Waals surface area contributed by atoms with Gasteiger partial charge in [0.1, 0.15) is 0 Å². The summed E-state index contributed by atoms with van der Waals surface area (Å²) in [5.41, 5.74) is 1.07. The zero-order valence-corrected chi connectivity index (χ0v) is 13.5. The van der Waals surface area contributed by atoms with Crippen LogP contribution in [0.15, 0.2) is 24.3 Å². The Labute approximate surface area is 132 Å². The van der Waals surface area contributed by atoms with E-state index in [-0.39, 0.29) is 0 Å². The molecule has 0 radical (unpaired) electrons. The summed E-state index contributed by atoms with van der Waals surface area (Å²) in [5.74, 6) is 0.917. The summed E-state index contributed by atoms with van der Waals surface area (Å²) in [6, 6.07) is 8.11. The predicted molar refractivity (Wildman–Crippen MR) is 86.5 cm³/mol. The highest BCUT2D eigenvalue weighted by Gasteiger charge is 2.24. The number of ether oxygens (including phenoxy) is 1. The molecule has 1 aromatic rings. The average molecular weight is 312 g/mol. The van der Waals surface area contributed by atoms with Crippen molar-refractivity contribution >= 4 is 11.6 Å². The third-order valence-electron chi connectivity index (χ3n) is 3.94. The molecule has 0 aliphatic heterocycles. The molecular weight excluding hydrogens is 286 g/mol. The van der Waals surface area contributed by atoms with E-state index in [0.717, 1.165) is 22.9 Å². The first kappa shape index (κ1) is 16.8. The third-order valence-corrected chi connectivity index (χ3v) is 4.19. The van der Waals surface area contributed by atoms with Gasteiger partial charge in [0, 0.05) is 17.6 Å². The number of halogens is 1. The first-order chi connectivity index (χ1) is 10.2. The van der Waals surface area contributed by atoms with Crippen molar-refractivity contribution in [2.75, 3.05) is 13.2 Å². The lowest BCUT2D eigenvalue weighted by molar-refractivity contribution is 0.0273. The summed E-state index contributed by atoms with van der Waals surface area (Å²) in [4.78, 5) is 0. The first-order valence-electron chi connectivity index (χ1n) is 7.91. The van der Waals surface area contributed by atoms with Crippen molar-refractivity contribution < 1.29 is 9.84 Å². The van der Waals surface area contributed by atoms with Gasteiger partial charge in [-0.25, -0.2) is 0 Å². The number of hydrogen-bond acceptors (Lipinski definition) is 3. The number of hydrogen-bond donors (Lipinski definition) is 2. The van der Waals surface area contributed by atoms with E-state index in [1.165, 1.54) is 19.3 Å². The normalized spacial score (nSPS) is 17.7. The Morgan fingerprint density at radius 2 is 2.05 bits per heavy atom. The molecule has 2 rings (SSSR count). The predicted octanol–water partition coefficient (Wildman–Crippen LogP) is 3.39. The fraction of sp³-hybridized carbons (Fsp3) is 0.647. The van der Waals surface area contributed by atoms with E-state index in [4.69, 9.17) is 16.3 Å². The maximum atomic E-state index is 9.96. The number of aliphatic hydroxyl groups is 1. The molecule has 1 saturated carbocycles. The molecule has 0 spiro atoms. The smallest absolute Gasteiger partial charge is 0.0897 e. The Hall–Kier alpha value is -0.610. The van der Waals surface area contributed by atoms with Gasteiger partial charge in [0.2, 0.25) is 0 Å². The van der Waals surface area contributed by atoms with E-state index in [9.17, 15) is 5.11 Å². The summed E-state index contributed by atoms with van der Waals surface area (Å²) < 4.78 is 5.55. The third kappa shape index (κ3) is 6.79. The van der Waals surface area contributed by atoms with Crippen LogP contribution >= 0.6 is 11.6 Å². The van der Waals surface area contributed by atoms with Crippen molar-refractivity contribution in [2.45, 2.75) is 51.4 Å². The molecule has 1 aromatic carbocycles. The second-order valence-electron chi connectivity index (χ2n) is 5.99. The van der Waals surface area contributed by atoms with Crippen molar-refractivity contribution in [3.05, 3.63) is 34.9 Å². The summed E-state index contributed by atoms with van der Waals surface area (Å²) >= 11 is 5.83. The number of aliphatic hydroxyl groups excluding tert-OH is 1. The van der Waals surface area contributed by atoms with Crippen LogP contribution in [0.5, 0.6) is 0 Å². The summed E-state index contributed by atoms with van der Waals surface area (Å²) in [7, 11) is 0. The number of rotatable bonds is 10. The van der Waals surface area contributed by atoms with E-state index in [2.05, 4.69) is 12.2 Å². The Balaban J connectivity index is 1.58. The van der Waals surface area contributed by atoms with Gasteiger partial charge < -0.3 is 15.2 Å². The minimum absolute atomic E-state index is 0.357. The molecule has 118 valence electrons. The van der Waals surface area contributed by atoms with Gasteiger partial charge in [-0.05, 0) is 36.5 Å². The van der Waals surface area contributed by atoms with Crippen LogP contribution in [0.4, 0.5) is 0 Å². The molecule has 21 heavy (non-hydrogen) atoms. The first-order valence-corrected chi connectivity index (χ1v) is 8.28. The zero-order valence-electron chi connectivity index (χ0n) is 12.7. The minimum atomic E-state index is -0.453. The van der Waals surface area contributed by atoms with E-state index in [1.54, 1.807) is 0 Å². The summed E-state index contributed by atoms with van der Waals surface area (Å²) in [6.07, 6.45) is 4.67. The van der Waals surface area contributed by atoms with E-state index < -0.39 is 6.10 Å². The van der Waals surface area contributed by atoms with Gasteiger partial charge in [0.15, 0.2) is 0 Å². The van der Waals surface area contributed by atoms with E-state index in [1.807, 2.05) is 24.3 Å². The number of benzene rings is 1. The van der Waals surface area contributed by atoms with Gasteiger partial charge in [0.25, 0.3) is 0 Å². The molecule has 0 bridgehead atoms. The summed E-state index contributed by atoms with van der Waals surface area (Å²) in [6.45, 7) is 3.66. The fourth-order valence-electron chi connectivity index (χ4n) is 2.41. The van der Waals surface area contributed by atoms with Crippen LogP contribution in [0.2, 0.25) is 5.02 Å². The van der Waals surface area contributed by atoms with Crippen LogP contribution in [0, 0.1) is 5.92 Å². The van der Waals surface area contributed by atoms with Gasteiger partial charge in [-0.1, -0.05) is 43.5 Å². The molecule has 4 heteroatoms. The SMILES string of the molecule is CCC(CC1CC1)NCC(O)COCc1ccc(Cl)cc1. The van der Waals surface area contributed by atoms with Gasteiger partial charge >= 0.3 is 0 Å². The topological polar surface area (TPSA) is 41.5 Å². The zero-order chi connectivity index (χ0) is 15.1. The van der Waals surface area contributed by atoms with Crippen LogP contribution in [0.3, 0.4) is 0 Å². The molecule has 0 aromatic heterocycles. The molecule has 1 aliphatic carbocycles. The lowest BCUT2D eigenvalue weighted by atomic mass is 10.1. The molecule has 2 atom stereocenters. The van der Waals surface area contributed by atoms with Gasteiger partial charge in [-0.15, -0.1) is 0 Å². The van der Waals surface area contributed by atoms with Crippen LogP contribution in [-0.4, -0.2) is 30.4 Å². The molecule has 2 unspecified atom stereocenters. The maximum Gasteiger partial charge on any atom is 0.0897 e. The van der Waals surface area contributed by atoms with Crippen molar-refractivity contribution in [1.82, 2.24) is 5.32 Å². The lowest BCUT2D eigenvalue weighted by Gasteiger charge is -2.19. The van der Waals surface area contributed by atoms with Crippen molar-refractivity contribution in [2.24, 2.45) is 5.92 Å². The molecule has 0 saturated heterocycles. The highest BCUT2D eigenvalue weighted by atomic mass is 35.5. The quantitative estimate of drug-likeness (QED) is 0.696. The molecule has 1 fully saturated rings. The standard InChI is InChI=1S/C17H26ClNO2/c1-2-16(9-13-3-4-13)19-10-17(20)12-21-11-14-5-7-15(18)8-6-14/h5-8,13,16-17,19-20H,2-4,9-12H2,1H3. The van der Waals surface area contributed by atoms with Crippen molar-refractivity contribution in [3.8, 4) is 0 Å². The monoisotopic (exact) mass is 311 g/mol. The highest BCUT2D eigenvalue weighted by Crippen LogP contribution is 2.33. The highest BCUT2D eigenvalue weighted by molar-refractivity contribution is 6.30. The van der Waals surface area contributed by atoms with Crippen LogP contribution in [0.25, 0.3) is 0 Å². The Bertz CT molecular complexity index is 406. The largest absolute Gasteiger partial charge is 0.389 e. The van der Waals surface area contributed by atoms with Gasteiger partial charge in [0.05, 0.1) is 19.3 Å². The lowest BCUT2D eigenvalue weighted by Crippen LogP contribution is -2.37. The maximum absolute atomic E-state index is 9.96. The number of nitrogens with one attached hydrogen (secondary N) is 1. The molecule has 0 amide bonds. The van der Waals surface area contributed by atoms with E-state index >= 15 is 0 Å². The minimum Gasteiger partial charge on any atom is -0.389 e. The molecule has 2 N–H and O–H groups in total. The molecule has 1 aliphatic rings. The van der Waals surface area contributed by atoms with Crippen LogP contribution < -0.4 is 5.32 Å². The fourth-order valence-corrected chi connectivity index (χ4v) is 2.53. The molecule has 3 nitrogen and oxygen atoms in total. The van der Waals surface area contributed by atoms with Crippen LogP contribution in [-0.2, 0) is 11.3 Å². The van der Waals surface area contributed by atoms with Gasteiger partial charge in [-0.2, -0.15) is 0 Å². The molecular formula is C17H26ClNO2. The van der Waals surface area contributed by atoms with Crippen molar-refractivity contribution in [1.29, 1.82) is 0 Å². The van der Waals surface area contributed by atoms with Crippen LogP contribution in [0.1, 0.15) is 38.2 Å². The molecule has 0 heterocycles. The summed E-state index contributed by atoms with van der Waals surface area (Å²) in [5, 5.41) is 14.1. The van der Waals surface area contributed by atoms with Gasteiger partial charge in [-0.3, -0.25) is 0 Å². The second-order valence-corrected chi connectivity index (χ2v) is 6.42. The Morgan fingerprint density at radius 3 is 2.67 bits per heavy atom. The average Bonchev–Trinajstić information content (AvgIpc) is 3.29.